The van der Waals surface area contributed by atoms with Gasteiger partial charge in [0, 0.05) is 48.8 Å². The summed E-state index contributed by atoms with van der Waals surface area (Å²) in [6.45, 7) is 6.42. The molecule has 0 amide bonds. The third-order valence-corrected chi connectivity index (χ3v) is 7.23. The zero-order valence-corrected chi connectivity index (χ0v) is 21.0. The van der Waals surface area contributed by atoms with Gasteiger partial charge in [-0.05, 0) is 62.9 Å². The van der Waals surface area contributed by atoms with Crippen molar-refractivity contribution in [3.05, 3.63) is 64.9 Å². The van der Waals surface area contributed by atoms with E-state index in [4.69, 9.17) is 4.74 Å². The van der Waals surface area contributed by atoms with E-state index in [0.29, 0.717) is 38.0 Å². The van der Waals surface area contributed by atoms with Crippen LogP contribution in [0.3, 0.4) is 0 Å². The Morgan fingerprint density at radius 3 is 2.47 bits per heavy atom. The van der Waals surface area contributed by atoms with Gasteiger partial charge in [0.05, 0.1) is 12.7 Å². The first kappa shape index (κ1) is 25.1. The van der Waals surface area contributed by atoms with Gasteiger partial charge >= 0.3 is 0 Å². The van der Waals surface area contributed by atoms with E-state index in [9.17, 15) is 8.78 Å². The lowest BCUT2D eigenvalue weighted by atomic mass is 9.87. The maximum absolute atomic E-state index is 15.3. The van der Waals surface area contributed by atoms with Crippen LogP contribution < -0.4 is 4.74 Å². The highest BCUT2D eigenvalue weighted by Crippen LogP contribution is 2.43. The van der Waals surface area contributed by atoms with Gasteiger partial charge in [-0.25, -0.2) is 13.2 Å². The monoisotopic (exact) mass is 503 g/mol. The van der Waals surface area contributed by atoms with Gasteiger partial charge in [0.15, 0.2) is 17.4 Å². The van der Waals surface area contributed by atoms with Crippen LogP contribution in [0.25, 0.3) is 10.9 Å². The minimum atomic E-state index is -1.49. The van der Waals surface area contributed by atoms with Crippen LogP contribution in [-0.2, 0) is 6.42 Å². The first-order valence-corrected chi connectivity index (χ1v) is 12.6. The van der Waals surface area contributed by atoms with E-state index >= 15 is 8.78 Å². The van der Waals surface area contributed by atoms with Crippen LogP contribution in [0.2, 0.25) is 0 Å². The van der Waals surface area contributed by atoms with Gasteiger partial charge in [0.25, 0.3) is 0 Å². The van der Waals surface area contributed by atoms with Crippen molar-refractivity contribution < 1.29 is 22.3 Å². The molecule has 1 fully saturated rings. The number of rotatable bonds is 8. The number of hydrogen-bond donors (Lipinski definition) is 1. The van der Waals surface area contributed by atoms with Crippen molar-refractivity contribution >= 4 is 10.9 Å². The van der Waals surface area contributed by atoms with Crippen molar-refractivity contribution in [2.75, 3.05) is 32.9 Å². The zero-order chi connectivity index (χ0) is 25.6. The van der Waals surface area contributed by atoms with Crippen molar-refractivity contribution in [2.45, 2.75) is 57.5 Å². The molecule has 194 valence electrons. The Morgan fingerprint density at radius 1 is 1.11 bits per heavy atom. The lowest BCUT2D eigenvalue weighted by Gasteiger charge is -2.43. The maximum Gasteiger partial charge on any atom is 0.191 e. The first-order chi connectivity index (χ1) is 17.1. The summed E-state index contributed by atoms with van der Waals surface area (Å²) in [5.41, 5.74) is 1.81. The Bertz CT molecular complexity index is 1210. The highest BCUT2D eigenvalue weighted by atomic mass is 19.1. The standard InChI is InChI=1S/C28H33F4N3O/c1-17-11-21-20-7-4-5-8-24(20)33-25(21)26(35(17)16-28(2,3)32)18-12-22(30)27(23(31)13-18)36-19-14-34(15-19)10-6-9-29/h4-5,7-8,12-13,17,19,26,33H,6,9-11,14-16H2,1-3H3/t17-,26?/m1/s1. The average molecular weight is 504 g/mol. The molecule has 1 unspecified atom stereocenters. The molecule has 2 aromatic carbocycles. The summed E-state index contributed by atoms with van der Waals surface area (Å²) >= 11 is 0. The van der Waals surface area contributed by atoms with E-state index in [1.807, 2.05) is 41.0 Å². The van der Waals surface area contributed by atoms with Gasteiger partial charge in [0.1, 0.15) is 11.8 Å². The fourth-order valence-corrected chi connectivity index (χ4v) is 5.63. The molecule has 36 heavy (non-hydrogen) atoms. The number of para-hydroxylation sites is 1. The molecule has 3 aromatic rings. The highest BCUT2D eigenvalue weighted by molar-refractivity contribution is 5.85. The van der Waals surface area contributed by atoms with Gasteiger partial charge in [-0.1, -0.05) is 18.2 Å². The van der Waals surface area contributed by atoms with E-state index in [0.717, 1.165) is 22.2 Å². The van der Waals surface area contributed by atoms with E-state index < -0.39 is 29.1 Å². The lowest BCUT2D eigenvalue weighted by molar-refractivity contribution is 0.0136. The second-order valence-corrected chi connectivity index (χ2v) is 10.8. The summed E-state index contributed by atoms with van der Waals surface area (Å²) in [5.74, 6) is -1.95. The van der Waals surface area contributed by atoms with Gasteiger partial charge < -0.3 is 9.72 Å². The summed E-state index contributed by atoms with van der Waals surface area (Å²) in [4.78, 5) is 7.43. The molecule has 2 atom stereocenters. The van der Waals surface area contributed by atoms with Crippen LogP contribution in [-0.4, -0.2) is 65.5 Å². The van der Waals surface area contributed by atoms with Gasteiger partial charge in [-0.2, -0.15) is 0 Å². The number of hydrogen-bond acceptors (Lipinski definition) is 3. The van der Waals surface area contributed by atoms with Crippen LogP contribution in [0.15, 0.2) is 36.4 Å². The molecule has 0 saturated carbocycles. The Balaban J connectivity index is 1.49. The Kier molecular flexibility index (Phi) is 6.76. The summed E-state index contributed by atoms with van der Waals surface area (Å²) < 4.78 is 63.5. The minimum absolute atomic E-state index is 0.0379. The second-order valence-electron chi connectivity index (χ2n) is 10.8. The molecule has 8 heteroatoms. The maximum atomic E-state index is 15.3. The molecule has 5 rings (SSSR count). The van der Waals surface area contributed by atoms with Gasteiger partial charge in [0.2, 0.25) is 0 Å². The normalized spacial score (nSPS) is 21.5. The van der Waals surface area contributed by atoms with E-state index in [1.54, 1.807) is 0 Å². The molecule has 2 aliphatic rings. The van der Waals surface area contributed by atoms with Crippen molar-refractivity contribution in [2.24, 2.45) is 0 Å². The SMILES string of the molecule is C[C@@H]1Cc2c([nH]c3ccccc23)C(c2cc(F)c(OC3CN(CCCF)C3)c(F)c2)N1CC(C)(C)F. The summed E-state index contributed by atoms with van der Waals surface area (Å²) in [6.07, 6.45) is 0.809. The third kappa shape index (κ3) is 4.85. The zero-order valence-electron chi connectivity index (χ0n) is 21.0. The molecule has 1 aromatic heterocycles. The topological polar surface area (TPSA) is 31.5 Å². The molecule has 2 aliphatic heterocycles. The van der Waals surface area contributed by atoms with Crippen LogP contribution in [0.1, 0.15) is 50.1 Å². The van der Waals surface area contributed by atoms with Crippen molar-refractivity contribution in [1.82, 2.24) is 14.8 Å². The Labute approximate surface area is 209 Å². The molecular weight excluding hydrogens is 470 g/mol. The number of halogens is 4. The number of nitrogens with one attached hydrogen (secondary N) is 1. The number of alkyl halides is 2. The summed E-state index contributed by atoms with van der Waals surface area (Å²) in [5, 5.41) is 1.08. The number of fused-ring (bicyclic) bond motifs is 3. The highest BCUT2D eigenvalue weighted by Gasteiger charge is 2.39. The number of H-pyrrole nitrogens is 1. The van der Waals surface area contributed by atoms with Crippen molar-refractivity contribution in [3.63, 3.8) is 0 Å². The van der Waals surface area contributed by atoms with Crippen LogP contribution >= 0.6 is 0 Å². The fourth-order valence-electron chi connectivity index (χ4n) is 5.63. The summed E-state index contributed by atoms with van der Waals surface area (Å²) in [6, 6.07) is 9.98. The molecule has 0 spiro atoms. The van der Waals surface area contributed by atoms with Crippen molar-refractivity contribution in [1.29, 1.82) is 0 Å². The molecular formula is C28H33F4N3O. The predicted octanol–water partition coefficient (Wildman–Crippen LogP) is 5.95. The Hall–Kier alpha value is -2.58. The summed E-state index contributed by atoms with van der Waals surface area (Å²) in [7, 11) is 0. The quantitative estimate of drug-likeness (QED) is 0.386. The van der Waals surface area contributed by atoms with Crippen LogP contribution in [0.4, 0.5) is 17.6 Å². The third-order valence-electron chi connectivity index (χ3n) is 7.23. The molecule has 0 radical (unpaired) electrons. The number of aromatic nitrogens is 1. The molecule has 0 bridgehead atoms. The van der Waals surface area contributed by atoms with Crippen molar-refractivity contribution in [3.8, 4) is 5.75 Å². The Morgan fingerprint density at radius 2 is 1.81 bits per heavy atom. The molecule has 0 aliphatic carbocycles. The van der Waals surface area contributed by atoms with E-state index in [-0.39, 0.29) is 25.4 Å². The fraction of sp³-hybridized carbons (Fsp3) is 0.500. The molecule has 1 saturated heterocycles. The smallest absolute Gasteiger partial charge is 0.191 e. The second kappa shape index (κ2) is 9.71. The number of likely N-dealkylation sites (tertiary alicyclic amines) is 1. The first-order valence-electron chi connectivity index (χ1n) is 12.6. The molecule has 1 N–H and O–H groups in total. The largest absolute Gasteiger partial charge is 0.482 e. The average Bonchev–Trinajstić information content (AvgIpc) is 3.14. The lowest BCUT2D eigenvalue weighted by Crippen LogP contribution is -2.54. The number of ether oxygens (including phenoxy) is 1. The number of aromatic amines is 1. The van der Waals surface area contributed by atoms with Crippen LogP contribution in [0, 0.1) is 11.6 Å². The van der Waals surface area contributed by atoms with Gasteiger partial charge in [-0.15, -0.1) is 0 Å². The molecule has 4 nitrogen and oxygen atoms in total. The minimum Gasteiger partial charge on any atom is -0.482 e. The van der Waals surface area contributed by atoms with E-state index in [2.05, 4.69) is 4.98 Å². The number of benzene rings is 2. The van der Waals surface area contributed by atoms with Gasteiger partial charge in [-0.3, -0.25) is 14.2 Å². The van der Waals surface area contributed by atoms with E-state index in [1.165, 1.54) is 26.0 Å². The van der Waals surface area contributed by atoms with Crippen LogP contribution in [0.5, 0.6) is 5.75 Å². The number of nitrogens with zero attached hydrogens (tertiary/aromatic N) is 2. The molecule has 3 heterocycles. The predicted molar refractivity (Wildman–Crippen MR) is 133 cm³/mol.